The summed E-state index contributed by atoms with van der Waals surface area (Å²) in [6, 6.07) is 0. The van der Waals surface area contributed by atoms with Crippen LogP contribution in [0.4, 0.5) is 0 Å². The predicted octanol–water partition coefficient (Wildman–Crippen LogP) is 4.63. The van der Waals surface area contributed by atoms with Crippen molar-refractivity contribution < 1.29 is 9.90 Å². The highest BCUT2D eigenvalue weighted by Crippen LogP contribution is 2.53. The normalized spacial score (nSPS) is 34.4. The van der Waals surface area contributed by atoms with Crippen molar-refractivity contribution >= 4 is 5.97 Å². The molecule has 18 heavy (non-hydrogen) atoms. The Bertz CT molecular complexity index is 266. The maximum Gasteiger partial charge on any atom is 0.310 e. The molecule has 2 rings (SSSR count). The van der Waals surface area contributed by atoms with Crippen LogP contribution in [0.25, 0.3) is 0 Å². The van der Waals surface area contributed by atoms with Crippen LogP contribution in [0, 0.1) is 17.3 Å². The van der Waals surface area contributed by atoms with Gasteiger partial charge < -0.3 is 5.11 Å². The summed E-state index contributed by atoms with van der Waals surface area (Å²) >= 11 is 0. The average molecular weight is 252 g/mol. The van der Waals surface area contributed by atoms with Gasteiger partial charge in [0.15, 0.2) is 0 Å². The minimum atomic E-state index is -0.479. The topological polar surface area (TPSA) is 37.3 Å². The summed E-state index contributed by atoms with van der Waals surface area (Å²) < 4.78 is 0. The first kappa shape index (κ1) is 13.9. The molecule has 0 saturated heterocycles. The van der Waals surface area contributed by atoms with Gasteiger partial charge in [-0.25, -0.2) is 0 Å². The Balaban J connectivity index is 2.23. The first-order valence-corrected chi connectivity index (χ1v) is 7.95. The molecular formula is C16H28O2. The van der Waals surface area contributed by atoms with Crippen LogP contribution < -0.4 is 0 Å². The van der Waals surface area contributed by atoms with Gasteiger partial charge in [0.05, 0.1) is 5.41 Å². The van der Waals surface area contributed by atoms with E-state index in [0.29, 0.717) is 11.8 Å². The first-order valence-electron chi connectivity index (χ1n) is 7.95. The van der Waals surface area contributed by atoms with E-state index in [1.165, 1.54) is 25.7 Å². The van der Waals surface area contributed by atoms with Crippen LogP contribution in [0.5, 0.6) is 0 Å². The Morgan fingerprint density at radius 1 is 1.11 bits per heavy atom. The van der Waals surface area contributed by atoms with Crippen molar-refractivity contribution in [1.82, 2.24) is 0 Å². The molecule has 0 amide bonds. The molecular weight excluding hydrogens is 224 g/mol. The molecule has 0 heterocycles. The molecule has 2 saturated carbocycles. The minimum Gasteiger partial charge on any atom is -0.481 e. The molecule has 2 aliphatic rings. The fraction of sp³-hybridized carbons (Fsp3) is 0.938. The Kier molecular flexibility index (Phi) is 4.69. The molecule has 2 atom stereocenters. The zero-order valence-electron chi connectivity index (χ0n) is 11.8. The molecule has 0 aromatic heterocycles. The second kappa shape index (κ2) is 6.08. The van der Waals surface area contributed by atoms with Crippen LogP contribution >= 0.6 is 0 Å². The van der Waals surface area contributed by atoms with E-state index in [9.17, 15) is 9.90 Å². The molecule has 2 fully saturated rings. The predicted molar refractivity (Wildman–Crippen MR) is 73.5 cm³/mol. The lowest BCUT2D eigenvalue weighted by molar-refractivity contribution is -0.162. The quantitative estimate of drug-likeness (QED) is 0.792. The molecule has 2 unspecified atom stereocenters. The highest BCUT2D eigenvalue weighted by atomic mass is 16.4. The number of hydrogen-bond donors (Lipinski definition) is 1. The van der Waals surface area contributed by atoms with Gasteiger partial charge in [0.2, 0.25) is 0 Å². The number of carbonyl (C=O) groups is 1. The van der Waals surface area contributed by atoms with Crippen molar-refractivity contribution in [3.63, 3.8) is 0 Å². The van der Waals surface area contributed by atoms with E-state index in [0.717, 1.165) is 44.9 Å². The number of rotatable bonds is 4. The molecule has 104 valence electrons. The van der Waals surface area contributed by atoms with Crippen molar-refractivity contribution in [3.05, 3.63) is 0 Å². The van der Waals surface area contributed by atoms with Gasteiger partial charge in [-0.3, -0.25) is 4.79 Å². The summed E-state index contributed by atoms with van der Waals surface area (Å²) in [7, 11) is 0. The molecule has 1 N–H and O–H groups in total. The molecule has 0 aromatic rings. The monoisotopic (exact) mass is 252 g/mol. The lowest BCUT2D eigenvalue weighted by Gasteiger charge is -2.47. The van der Waals surface area contributed by atoms with Gasteiger partial charge in [-0.05, 0) is 43.9 Å². The summed E-state index contributed by atoms with van der Waals surface area (Å²) in [5.74, 6) is 0.421. The van der Waals surface area contributed by atoms with Crippen molar-refractivity contribution in [3.8, 4) is 0 Å². The molecule has 0 spiro atoms. The average Bonchev–Trinajstić information content (AvgIpc) is 2.40. The maximum absolute atomic E-state index is 12.1. The zero-order valence-corrected chi connectivity index (χ0v) is 11.8. The second-order valence-electron chi connectivity index (χ2n) is 6.41. The van der Waals surface area contributed by atoms with Gasteiger partial charge >= 0.3 is 5.97 Å². The minimum absolute atomic E-state index is 0.366. The first-order chi connectivity index (χ1) is 8.71. The van der Waals surface area contributed by atoms with E-state index in [1.54, 1.807) is 0 Å². The smallest absolute Gasteiger partial charge is 0.310 e. The lowest BCUT2D eigenvalue weighted by Crippen LogP contribution is -2.47. The van der Waals surface area contributed by atoms with Crippen LogP contribution in [-0.2, 0) is 4.79 Å². The third-order valence-corrected chi connectivity index (χ3v) is 5.49. The van der Waals surface area contributed by atoms with E-state index in [4.69, 9.17) is 0 Å². The van der Waals surface area contributed by atoms with Crippen LogP contribution in [0.1, 0.15) is 77.6 Å². The summed E-state index contributed by atoms with van der Waals surface area (Å²) in [6.45, 7) is 2.20. The highest BCUT2D eigenvalue weighted by Gasteiger charge is 2.51. The summed E-state index contributed by atoms with van der Waals surface area (Å²) in [6.07, 6.45) is 12.8. The van der Waals surface area contributed by atoms with Gasteiger partial charge in [0.25, 0.3) is 0 Å². The van der Waals surface area contributed by atoms with Gasteiger partial charge in [0.1, 0.15) is 0 Å². The van der Waals surface area contributed by atoms with Crippen molar-refractivity contribution in [2.45, 2.75) is 77.6 Å². The molecule has 0 aliphatic heterocycles. The van der Waals surface area contributed by atoms with E-state index < -0.39 is 5.97 Å². The second-order valence-corrected chi connectivity index (χ2v) is 6.41. The molecule has 0 radical (unpaired) electrons. The number of aliphatic carboxylic acids is 1. The fourth-order valence-electron chi connectivity index (χ4n) is 4.63. The Morgan fingerprint density at radius 2 is 1.78 bits per heavy atom. The zero-order chi connectivity index (χ0) is 13.0. The van der Waals surface area contributed by atoms with E-state index in [1.807, 2.05) is 0 Å². The van der Waals surface area contributed by atoms with E-state index >= 15 is 0 Å². The van der Waals surface area contributed by atoms with Crippen molar-refractivity contribution in [2.24, 2.45) is 17.3 Å². The number of carboxylic acids is 1. The standard InChI is InChI=1S/C16H28O2/c1-2-8-13-11-6-7-12-16(13,15(17)18)14-9-4-3-5-10-14/h13-14H,2-12H2,1H3,(H,17,18). The maximum atomic E-state index is 12.1. The number of hydrogen-bond acceptors (Lipinski definition) is 1. The summed E-state index contributed by atoms with van der Waals surface area (Å²) in [5, 5.41) is 9.94. The summed E-state index contributed by atoms with van der Waals surface area (Å²) in [5.41, 5.74) is -0.366. The third kappa shape index (κ3) is 2.44. The van der Waals surface area contributed by atoms with Crippen molar-refractivity contribution in [1.29, 1.82) is 0 Å². The fourth-order valence-corrected chi connectivity index (χ4v) is 4.63. The van der Waals surface area contributed by atoms with Crippen LogP contribution in [0.2, 0.25) is 0 Å². The van der Waals surface area contributed by atoms with Crippen LogP contribution in [0.3, 0.4) is 0 Å². The van der Waals surface area contributed by atoms with Gasteiger partial charge in [0, 0.05) is 0 Å². The lowest BCUT2D eigenvalue weighted by atomic mass is 9.55. The van der Waals surface area contributed by atoms with E-state index in [2.05, 4.69) is 6.92 Å². The van der Waals surface area contributed by atoms with E-state index in [-0.39, 0.29) is 5.41 Å². The Labute approximate surface area is 111 Å². The molecule has 2 nitrogen and oxygen atoms in total. The van der Waals surface area contributed by atoms with Gasteiger partial charge in [-0.2, -0.15) is 0 Å². The van der Waals surface area contributed by atoms with Crippen molar-refractivity contribution in [2.75, 3.05) is 0 Å². The molecule has 2 heteroatoms. The third-order valence-electron chi connectivity index (χ3n) is 5.49. The largest absolute Gasteiger partial charge is 0.481 e. The SMILES string of the molecule is CCCC1CCCCC1(C(=O)O)C1CCCCC1. The number of carboxylic acid groups (broad SMARTS) is 1. The molecule has 2 aliphatic carbocycles. The van der Waals surface area contributed by atoms with Gasteiger partial charge in [-0.15, -0.1) is 0 Å². The molecule has 0 bridgehead atoms. The van der Waals surface area contributed by atoms with Gasteiger partial charge in [-0.1, -0.05) is 45.4 Å². The van der Waals surface area contributed by atoms with Crippen LogP contribution in [0.15, 0.2) is 0 Å². The highest BCUT2D eigenvalue weighted by molar-refractivity contribution is 5.75. The van der Waals surface area contributed by atoms with Crippen LogP contribution in [-0.4, -0.2) is 11.1 Å². The Morgan fingerprint density at radius 3 is 2.39 bits per heavy atom. The molecule has 0 aromatic carbocycles. The Hall–Kier alpha value is -0.530. The summed E-state index contributed by atoms with van der Waals surface area (Å²) in [4.78, 5) is 12.1.